The summed E-state index contributed by atoms with van der Waals surface area (Å²) in [6.07, 6.45) is 5.02. The average Bonchev–Trinajstić information content (AvgIpc) is 3.35. The summed E-state index contributed by atoms with van der Waals surface area (Å²) in [4.78, 5) is 16.5. The van der Waals surface area contributed by atoms with Crippen LogP contribution in [-0.2, 0) is 24.2 Å². The third kappa shape index (κ3) is 5.17. The van der Waals surface area contributed by atoms with Crippen LogP contribution in [0, 0.1) is 0 Å². The topological polar surface area (TPSA) is 57.9 Å². The largest absolute Gasteiger partial charge is 0.545 e. The Morgan fingerprint density at radius 1 is 1.28 bits per heavy atom. The van der Waals surface area contributed by atoms with Gasteiger partial charge in [0.15, 0.2) is 0 Å². The number of carbonyl (C=O) groups excluding carboxylic acids is 1. The van der Waals surface area contributed by atoms with Crippen molar-refractivity contribution in [2.45, 2.75) is 46.1 Å². The molecule has 2 aromatic heterocycles. The molecule has 0 bridgehead atoms. The van der Waals surface area contributed by atoms with E-state index in [9.17, 15) is 9.90 Å². The van der Waals surface area contributed by atoms with Gasteiger partial charge in [0, 0.05) is 17.9 Å². The van der Waals surface area contributed by atoms with E-state index in [1.807, 2.05) is 48.0 Å². The molecule has 0 radical (unpaired) electrons. The molecule has 0 saturated heterocycles. The molecule has 0 atom stereocenters. The van der Waals surface area contributed by atoms with Crippen molar-refractivity contribution in [3.05, 3.63) is 80.5 Å². The number of unbranched alkanes of at least 4 members (excludes halogenated alkanes) is 1. The molecule has 0 amide bonds. The van der Waals surface area contributed by atoms with Crippen molar-refractivity contribution in [2.75, 3.05) is 0 Å². The Bertz CT molecular complexity index is 1010. The molecule has 2 heterocycles. The minimum absolute atomic E-state index is 0.283. The standard InChI is InChI=1S/C23H25ClN2O2S/c1-3-4-9-22-25-13-21(26(22)14-18-7-5-6-8-20(18)24)16(2)19(23(27)28)12-17-10-11-29-15-17/h5-8,10-11,13,15H,3-4,9,12,14H2,1-2H3,(H,27,28)/p-1/b19-16+. The van der Waals surface area contributed by atoms with Gasteiger partial charge in [-0.25, -0.2) is 4.98 Å². The molecule has 0 aliphatic heterocycles. The van der Waals surface area contributed by atoms with Gasteiger partial charge in [-0.15, -0.1) is 0 Å². The number of halogens is 1. The number of carbonyl (C=O) groups is 1. The molecule has 0 saturated carbocycles. The van der Waals surface area contributed by atoms with Crippen molar-refractivity contribution >= 4 is 34.5 Å². The number of rotatable bonds is 9. The van der Waals surface area contributed by atoms with Crippen LogP contribution in [0.5, 0.6) is 0 Å². The molecule has 0 spiro atoms. The first-order chi connectivity index (χ1) is 14.0. The molecule has 0 fully saturated rings. The molecule has 4 nitrogen and oxygen atoms in total. The lowest BCUT2D eigenvalue weighted by atomic mass is 10.0. The number of benzene rings is 1. The lowest BCUT2D eigenvalue weighted by molar-refractivity contribution is -0.299. The number of carboxylic acids is 1. The second-order valence-corrected chi connectivity index (χ2v) is 8.23. The summed E-state index contributed by atoms with van der Waals surface area (Å²) in [6, 6.07) is 9.65. The van der Waals surface area contributed by atoms with Crippen LogP contribution in [-0.4, -0.2) is 15.5 Å². The van der Waals surface area contributed by atoms with E-state index < -0.39 is 5.97 Å². The van der Waals surface area contributed by atoms with Crippen molar-refractivity contribution in [1.29, 1.82) is 0 Å². The highest BCUT2D eigenvalue weighted by atomic mass is 35.5. The summed E-state index contributed by atoms with van der Waals surface area (Å²) in [6.45, 7) is 4.52. The maximum Gasteiger partial charge on any atom is 0.109 e. The Morgan fingerprint density at radius 3 is 2.72 bits per heavy atom. The second kappa shape index (κ2) is 9.90. The van der Waals surface area contributed by atoms with Crippen LogP contribution in [0.15, 0.2) is 52.9 Å². The van der Waals surface area contributed by atoms with Crippen LogP contribution in [0.3, 0.4) is 0 Å². The van der Waals surface area contributed by atoms with Gasteiger partial charge in [0.25, 0.3) is 0 Å². The fourth-order valence-electron chi connectivity index (χ4n) is 3.33. The molecular weight excluding hydrogens is 404 g/mol. The number of carboxylic acid groups (broad SMARTS) is 1. The molecule has 3 aromatic rings. The van der Waals surface area contributed by atoms with Crippen LogP contribution < -0.4 is 5.11 Å². The molecule has 1 aromatic carbocycles. The molecular formula is C23H24ClN2O2S-. The molecule has 0 aliphatic carbocycles. The summed E-state index contributed by atoms with van der Waals surface area (Å²) < 4.78 is 2.09. The Morgan fingerprint density at radius 2 is 2.07 bits per heavy atom. The van der Waals surface area contributed by atoms with Gasteiger partial charge in [0.05, 0.1) is 24.4 Å². The van der Waals surface area contributed by atoms with Crippen molar-refractivity contribution in [1.82, 2.24) is 9.55 Å². The third-order valence-corrected chi connectivity index (χ3v) is 6.12. The predicted molar refractivity (Wildman–Crippen MR) is 117 cm³/mol. The van der Waals surface area contributed by atoms with E-state index in [0.717, 1.165) is 41.9 Å². The number of nitrogens with zero attached hydrogens (tertiary/aromatic N) is 2. The predicted octanol–water partition coefficient (Wildman–Crippen LogP) is 4.76. The Balaban J connectivity index is 2.05. The monoisotopic (exact) mass is 427 g/mol. The first-order valence-corrected chi connectivity index (χ1v) is 11.0. The smallest absolute Gasteiger partial charge is 0.109 e. The first-order valence-electron chi connectivity index (χ1n) is 9.71. The van der Waals surface area contributed by atoms with E-state index in [0.29, 0.717) is 23.6 Å². The molecule has 0 unspecified atom stereocenters. The lowest BCUT2D eigenvalue weighted by Crippen LogP contribution is -2.26. The van der Waals surface area contributed by atoms with Crippen molar-refractivity contribution in [3.8, 4) is 0 Å². The van der Waals surface area contributed by atoms with Crippen LogP contribution >= 0.6 is 22.9 Å². The zero-order valence-electron chi connectivity index (χ0n) is 16.7. The zero-order chi connectivity index (χ0) is 20.8. The number of allylic oxidation sites excluding steroid dienone is 1. The number of aromatic nitrogens is 2. The van der Waals surface area contributed by atoms with Gasteiger partial charge in [0.1, 0.15) is 5.82 Å². The highest BCUT2D eigenvalue weighted by Gasteiger charge is 2.16. The van der Waals surface area contributed by atoms with Crippen molar-refractivity contribution < 1.29 is 9.90 Å². The Hall–Kier alpha value is -2.37. The Labute approximate surface area is 180 Å². The van der Waals surface area contributed by atoms with Gasteiger partial charge in [-0.1, -0.05) is 43.1 Å². The maximum absolute atomic E-state index is 11.9. The Kier molecular flexibility index (Phi) is 7.29. The molecule has 29 heavy (non-hydrogen) atoms. The minimum atomic E-state index is -1.14. The van der Waals surface area contributed by atoms with E-state index in [1.54, 1.807) is 17.5 Å². The van der Waals surface area contributed by atoms with E-state index in [2.05, 4.69) is 16.5 Å². The number of hydrogen-bond donors (Lipinski definition) is 0. The van der Waals surface area contributed by atoms with Crippen molar-refractivity contribution in [2.24, 2.45) is 0 Å². The van der Waals surface area contributed by atoms with Gasteiger partial charge >= 0.3 is 0 Å². The molecule has 152 valence electrons. The van der Waals surface area contributed by atoms with Gasteiger partial charge in [0.2, 0.25) is 0 Å². The van der Waals surface area contributed by atoms with E-state index in [1.165, 1.54) is 0 Å². The fraction of sp³-hybridized carbons (Fsp3) is 0.304. The van der Waals surface area contributed by atoms with Crippen LogP contribution in [0.1, 0.15) is 49.3 Å². The number of thiophene rings is 1. The number of aliphatic carboxylic acids is 1. The van der Waals surface area contributed by atoms with Gasteiger partial charge < -0.3 is 14.5 Å². The molecule has 0 aliphatic rings. The number of hydrogen-bond acceptors (Lipinski definition) is 4. The van der Waals surface area contributed by atoms with Gasteiger partial charge in [-0.05, 0) is 58.5 Å². The number of imidazole rings is 1. The number of aryl methyl sites for hydroxylation is 1. The minimum Gasteiger partial charge on any atom is -0.545 e. The first kappa shape index (κ1) is 21.3. The summed E-state index contributed by atoms with van der Waals surface area (Å²) in [5.74, 6) is -0.205. The van der Waals surface area contributed by atoms with E-state index >= 15 is 0 Å². The van der Waals surface area contributed by atoms with Gasteiger partial charge in [-0.3, -0.25) is 0 Å². The quantitative estimate of drug-likeness (QED) is 0.463. The van der Waals surface area contributed by atoms with Crippen LogP contribution in [0.4, 0.5) is 0 Å². The maximum atomic E-state index is 11.9. The zero-order valence-corrected chi connectivity index (χ0v) is 18.2. The van der Waals surface area contributed by atoms with E-state index in [-0.39, 0.29) is 5.57 Å². The fourth-order valence-corrected chi connectivity index (χ4v) is 4.20. The lowest BCUT2D eigenvalue weighted by Gasteiger charge is -2.17. The highest BCUT2D eigenvalue weighted by Crippen LogP contribution is 2.26. The summed E-state index contributed by atoms with van der Waals surface area (Å²) in [7, 11) is 0. The van der Waals surface area contributed by atoms with Crippen molar-refractivity contribution in [3.63, 3.8) is 0 Å². The summed E-state index contributed by atoms with van der Waals surface area (Å²) in [5.41, 5.74) is 3.71. The SMILES string of the molecule is CCCCc1ncc(/C(C)=C(\Cc2ccsc2)C(=O)[O-])n1Cc1ccccc1Cl. The third-order valence-electron chi connectivity index (χ3n) is 5.02. The second-order valence-electron chi connectivity index (χ2n) is 7.04. The highest BCUT2D eigenvalue weighted by molar-refractivity contribution is 7.07. The molecule has 0 N–H and O–H groups in total. The average molecular weight is 428 g/mol. The summed E-state index contributed by atoms with van der Waals surface area (Å²) in [5, 5.41) is 16.5. The summed E-state index contributed by atoms with van der Waals surface area (Å²) >= 11 is 7.94. The van der Waals surface area contributed by atoms with Gasteiger partial charge in [-0.2, -0.15) is 11.3 Å². The van der Waals surface area contributed by atoms with Crippen LogP contribution in [0.2, 0.25) is 5.02 Å². The normalized spacial score (nSPS) is 12.1. The van der Waals surface area contributed by atoms with E-state index in [4.69, 9.17) is 11.6 Å². The molecule has 3 rings (SSSR count). The van der Waals surface area contributed by atoms with Crippen LogP contribution in [0.25, 0.3) is 5.57 Å². The molecule has 6 heteroatoms.